The Hall–Kier alpha value is -2.30. The SMILES string of the molecule is CCCCOc1ccc2occ(C(=O)O)c(=O)c2c1. The highest BCUT2D eigenvalue weighted by molar-refractivity contribution is 5.91. The Morgan fingerprint density at radius 2 is 2.21 bits per heavy atom. The molecule has 1 N–H and O–H groups in total. The average molecular weight is 262 g/mol. The van der Waals surface area contributed by atoms with Crippen molar-refractivity contribution in [1.82, 2.24) is 0 Å². The fourth-order valence-corrected chi connectivity index (χ4v) is 1.68. The molecule has 0 aliphatic carbocycles. The molecule has 1 heterocycles. The van der Waals surface area contributed by atoms with Gasteiger partial charge in [-0.15, -0.1) is 0 Å². The number of hydrogen-bond acceptors (Lipinski definition) is 4. The number of hydrogen-bond donors (Lipinski definition) is 1. The fraction of sp³-hybridized carbons (Fsp3) is 0.286. The summed E-state index contributed by atoms with van der Waals surface area (Å²) in [4.78, 5) is 22.8. The van der Waals surface area contributed by atoms with Gasteiger partial charge >= 0.3 is 5.97 Å². The number of ether oxygens (including phenoxy) is 1. The first-order chi connectivity index (χ1) is 9.13. The molecule has 0 fully saturated rings. The largest absolute Gasteiger partial charge is 0.494 e. The van der Waals surface area contributed by atoms with Crippen LogP contribution in [-0.4, -0.2) is 17.7 Å². The Morgan fingerprint density at radius 3 is 2.89 bits per heavy atom. The van der Waals surface area contributed by atoms with E-state index in [1.54, 1.807) is 12.1 Å². The molecule has 100 valence electrons. The second kappa shape index (κ2) is 5.56. The van der Waals surface area contributed by atoms with Crippen molar-refractivity contribution in [3.63, 3.8) is 0 Å². The number of carboxylic acid groups (broad SMARTS) is 1. The summed E-state index contributed by atoms with van der Waals surface area (Å²) in [7, 11) is 0. The minimum absolute atomic E-state index is 0.217. The van der Waals surface area contributed by atoms with Crippen LogP contribution in [-0.2, 0) is 0 Å². The van der Waals surface area contributed by atoms with E-state index in [9.17, 15) is 9.59 Å². The van der Waals surface area contributed by atoms with Gasteiger partial charge in [-0.05, 0) is 24.6 Å². The van der Waals surface area contributed by atoms with E-state index in [4.69, 9.17) is 14.3 Å². The molecule has 5 heteroatoms. The number of unbranched alkanes of at least 4 members (excludes halogenated alkanes) is 1. The molecule has 0 aliphatic heterocycles. The van der Waals surface area contributed by atoms with Gasteiger partial charge in [0.15, 0.2) is 0 Å². The Kier molecular flexibility index (Phi) is 3.85. The summed E-state index contributed by atoms with van der Waals surface area (Å²) in [5.74, 6) is -0.760. The van der Waals surface area contributed by atoms with Crippen LogP contribution >= 0.6 is 0 Å². The molecule has 2 rings (SSSR count). The highest BCUT2D eigenvalue weighted by Gasteiger charge is 2.13. The first-order valence-electron chi connectivity index (χ1n) is 6.05. The number of carbonyl (C=O) groups is 1. The third kappa shape index (κ3) is 2.76. The quantitative estimate of drug-likeness (QED) is 0.838. The molecule has 0 radical (unpaired) electrons. The van der Waals surface area contributed by atoms with E-state index in [0.717, 1.165) is 19.1 Å². The van der Waals surface area contributed by atoms with Gasteiger partial charge in [0.25, 0.3) is 0 Å². The van der Waals surface area contributed by atoms with Gasteiger partial charge in [0, 0.05) is 0 Å². The molecule has 1 aromatic carbocycles. The highest BCUT2D eigenvalue weighted by Crippen LogP contribution is 2.19. The van der Waals surface area contributed by atoms with Crippen LogP contribution in [0.4, 0.5) is 0 Å². The van der Waals surface area contributed by atoms with Gasteiger partial charge in [-0.2, -0.15) is 0 Å². The first-order valence-corrected chi connectivity index (χ1v) is 6.05. The second-order valence-corrected chi connectivity index (χ2v) is 4.14. The van der Waals surface area contributed by atoms with Gasteiger partial charge < -0.3 is 14.3 Å². The zero-order valence-corrected chi connectivity index (χ0v) is 10.5. The van der Waals surface area contributed by atoms with E-state index in [1.807, 2.05) is 0 Å². The van der Waals surface area contributed by atoms with Crippen LogP contribution in [0.3, 0.4) is 0 Å². The molecular formula is C14H14O5. The van der Waals surface area contributed by atoms with Crippen LogP contribution in [0.15, 0.2) is 33.7 Å². The minimum atomic E-state index is -1.30. The lowest BCUT2D eigenvalue weighted by molar-refractivity contribution is 0.0693. The summed E-state index contributed by atoms with van der Waals surface area (Å²) < 4.78 is 10.6. The van der Waals surface area contributed by atoms with E-state index in [-0.39, 0.29) is 10.9 Å². The third-order valence-corrected chi connectivity index (χ3v) is 2.74. The van der Waals surface area contributed by atoms with Crippen LogP contribution in [0.5, 0.6) is 5.75 Å². The number of fused-ring (bicyclic) bond motifs is 1. The predicted molar refractivity (Wildman–Crippen MR) is 69.8 cm³/mol. The van der Waals surface area contributed by atoms with Crippen molar-refractivity contribution in [3.05, 3.63) is 40.2 Å². The van der Waals surface area contributed by atoms with E-state index in [0.29, 0.717) is 17.9 Å². The third-order valence-electron chi connectivity index (χ3n) is 2.74. The Balaban J connectivity index is 2.42. The zero-order chi connectivity index (χ0) is 13.8. The number of aromatic carboxylic acids is 1. The van der Waals surface area contributed by atoms with Crippen LogP contribution in [0, 0.1) is 0 Å². The van der Waals surface area contributed by atoms with Crippen molar-refractivity contribution in [3.8, 4) is 5.75 Å². The fourth-order valence-electron chi connectivity index (χ4n) is 1.68. The van der Waals surface area contributed by atoms with Crippen molar-refractivity contribution in [1.29, 1.82) is 0 Å². The van der Waals surface area contributed by atoms with E-state index >= 15 is 0 Å². The maximum atomic E-state index is 12.0. The molecule has 0 amide bonds. The van der Waals surface area contributed by atoms with Crippen molar-refractivity contribution < 1.29 is 19.1 Å². The lowest BCUT2D eigenvalue weighted by Gasteiger charge is -2.06. The molecule has 0 spiro atoms. The molecule has 0 unspecified atom stereocenters. The topological polar surface area (TPSA) is 76.7 Å². The van der Waals surface area contributed by atoms with Gasteiger partial charge in [0.05, 0.1) is 12.0 Å². The predicted octanol–water partition coefficient (Wildman–Crippen LogP) is 2.67. The van der Waals surface area contributed by atoms with Crippen LogP contribution in [0.1, 0.15) is 30.1 Å². The summed E-state index contributed by atoms with van der Waals surface area (Å²) in [6.45, 7) is 2.61. The molecule has 19 heavy (non-hydrogen) atoms. The molecule has 0 atom stereocenters. The maximum absolute atomic E-state index is 12.0. The number of carboxylic acids is 1. The summed E-state index contributed by atoms with van der Waals surface area (Å²) in [5.41, 5.74) is -0.592. The summed E-state index contributed by atoms with van der Waals surface area (Å²) in [6, 6.07) is 4.81. The number of rotatable bonds is 5. The minimum Gasteiger partial charge on any atom is -0.494 e. The smallest absolute Gasteiger partial charge is 0.342 e. The Labute approximate surface area is 109 Å². The van der Waals surface area contributed by atoms with Crippen molar-refractivity contribution >= 4 is 16.9 Å². The van der Waals surface area contributed by atoms with Gasteiger partial charge in [-0.1, -0.05) is 13.3 Å². The van der Waals surface area contributed by atoms with Gasteiger partial charge in [-0.3, -0.25) is 4.79 Å². The summed E-state index contributed by atoms with van der Waals surface area (Å²) >= 11 is 0. The van der Waals surface area contributed by atoms with Crippen LogP contribution in [0.2, 0.25) is 0 Å². The lowest BCUT2D eigenvalue weighted by atomic mass is 10.1. The standard InChI is InChI=1S/C14H14O5/c1-2-3-6-18-9-4-5-12-10(7-9)13(15)11(8-19-12)14(16)17/h4-5,7-8H,2-3,6H2,1H3,(H,16,17). The maximum Gasteiger partial charge on any atom is 0.342 e. The van der Waals surface area contributed by atoms with Gasteiger partial charge in [0.1, 0.15) is 23.2 Å². The van der Waals surface area contributed by atoms with Crippen LogP contribution in [0.25, 0.3) is 11.0 Å². The van der Waals surface area contributed by atoms with Gasteiger partial charge in [-0.25, -0.2) is 4.79 Å². The Bertz CT molecular complexity index is 656. The molecule has 5 nitrogen and oxygen atoms in total. The van der Waals surface area contributed by atoms with E-state index in [2.05, 4.69) is 6.92 Å². The van der Waals surface area contributed by atoms with E-state index in [1.165, 1.54) is 6.07 Å². The normalized spacial score (nSPS) is 10.6. The molecular weight excluding hydrogens is 248 g/mol. The van der Waals surface area contributed by atoms with Crippen molar-refractivity contribution in [2.75, 3.05) is 6.61 Å². The van der Waals surface area contributed by atoms with Crippen LogP contribution < -0.4 is 10.2 Å². The molecule has 0 saturated heterocycles. The lowest BCUT2D eigenvalue weighted by Crippen LogP contribution is -2.14. The monoisotopic (exact) mass is 262 g/mol. The zero-order valence-electron chi connectivity index (χ0n) is 10.5. The number of benzene rings is 1. The average Bonchev–Trinajstić information content (AvgIpc) is 2.39. The second-order valence-electron chi connectivity index (χ2n) is 4.14. The summed E-state index contributed by atoms with van der Waals surface area (Å²) in [6.07, 6.45) is 2.89. The van der Waals surface area contributed by atoms with Gasteiger partial charge in [0.2, 0.25) is 5.43 Å². The Morgan fingerprint density at radius 1 is 1.42 bits per heavy atom. The van der Waals surface area contributed by atoms with E-state index < -0.39 is 11.4 Å². The molecule has 2 aromatic rings. The summed E-state index contributed by atoms with van der Waals surface area (Å²) in [5, 5.41) is 9.09. The molecule has 0 saturated carbocycles. The first kappa shape index (κ1) is 13.1. The van der Waals surface area contributed by atoms with Crippen molar-refractivity contribution in [2.45, 2.75) is 19.8 Å². The molecule has 0 bridgehead atoms. The molecule has 0 aliphatic rings. The molecule has 1 aromatic heterocycles. The van der Waals surface area contributed by atoms with Crippen molar-refractivity contribution in [2.24, 2.45) is 0 Å². The highest BCUT2D eigenvalue weighted by atomic mass is 16.5.